The average molecular weight is 289 g/mol. The van der Waals surface area contributed by atoms with Gasteiger partial charge in [0, 0.05) is 18.3 Å². The summed E-state index contributed by atoms with van der Waals surface area (Å²) in [6.45, 7) is 17.3. The lowest BCUT2D eigenvalue weighted by Crippen LogP contribution is -2.52. The predicted octanol–water partition coefficient (Wildman–Crippen LogP) is 5.52. The molecule has 3 heteroatoms. The summed E-state index contributed by atoms with van der Waals surface area (Å²) in [7, 11) is -2.15. The smallest absolute Gasteiger partial charge is 0.344 e. The van der Waals surface area contributed by atoms with E-state index in [0.29, 0.717) is 0 Å². The lowest BCUT2D eigenvalue weighted by molar-refractivity contribution is 0.148. The summed E-state index contributed by atoms with van der Waals surface area (Å²) in [5.74, 6) is 0.737. The summed E-state index contributed by atoms with van der Waals surface area (Å²) >= 11 is 0. The number of hydrogen-bond acceptors (Lipinski definition) is 2. The van der Waals surface area contributed by atoms with Crippen LogP contribution in [0.2, 0.25) is 11.1 Å². The molecule has 0 unspecified atom stereocenters. The van der Waals surface area contributed by atoms with Crippen molar-refractivity contribution in [1.29, 1.82) is 0 Å². The van der Waals surface area contributed by atoms with Gasteiger partial charge in [0.1, 0.15) is 0 Å². The van der Waals surface area contributed by atoms with Crippen LogP contribution in [0.5, 0.6) is 0 Å². The van der Waals surface area contributed by atoms with Crippen molar-refractivity contribution < 1.29 is 8.85 Å². The molecule has 2 nitrogen and oxygen atoms in total. The summed E-state index contributed by atoms with van der Waals surface area (Å²) in [5.41, 5.74) is 0. The zero-order chi connectivity index (χ0) is 14.9. The normalized spacial score (nSPS) is 13.3. The van der Waals surface area contributed by atoms with Gasteiger partial charge in [0.05, 0.1) is 0 Å². The van der Waals surface area contributed by atoms with Crippen LogP contribution in [0.3, 0.4) is 0 Å². The van der Waals surface area contributed by atoms with E-state index in [9.17, 15) is 0 Å². The molecule has 0 aliphatic carbocycles. The molecule has 0 N–H and O–H groups in total. The highest BCUT2D eigenvalue weighted by Crippen LogP contribution is 2.47. The molecule has 0 atom stereocenters. The Labute approximate surface area is 122 Å². The number of rotatable bonds is 11. The van der Waals surface area contributed by atoms with Gasteiger partial charge in [0.25, 0.3) is 0 Å². The second kappa shape index (κ2) is 9.14. The van der Waals surface area contributed by atoms with Gasteiger partial charge in [-0.15, -0.1) is 0 Å². The van der Waals surface area contributed by atoms with E-state index in [1.54, 1.807) is 0 Å². The van der Waals surface area contributed by atoms with Crippen molar-refractivity contribution in [3.8, 4) is 0 Å². The fourth-order valence-corrected chi connectivity index (χ4v) is 7.62. The largest absolute Gasteiger partial charge is 0.394 e. The molecule has 0 fully saturated rings. The average Bonchev–Trinajstić information content (AvgIpc) is 2.36. The second-order valence-corrected chi connectivity index (χ2v) is 9.98. The number of hydrogen-bond donors (Lipinski definition) is 0. The molecular formula is C16H36O2Si. The third kappa shape index (κ3) is 5.20. The van der Waals surface area contributed by atoms with Gasteiger partial charge in [0.15, 0.2) is 0 Å². The lowest BCUT2D eigenvalue weighted by atomic mass is 10.1. The molecule has 0 aromatic rings. The third-order valence-electron chi connectivity index (χ3n) is 4.37. The molecule has 0 rings (SSSR count). The first-order valence-electron chi connectivity index (χ1n) is 8.20. The zero-order valence-electron chi connectivity index (χ0n) is 14.3. The highest BCUT2D eigenvalue weighted by atomic mass is 28.4. The topological polar surface area (TPSA) is 18.5 Å². The first-order valence-corrected chi connectivity index (χ1v) is 10.2. The standard InChI is InChI=1S/C16H36O2Si/c1-8-13-16(6,7)19(17-11-4,18-12-5)14-15(9-2)10-3/h15H,8-14H2,1-7H3. The molecule has 0 heterocycles. The maximum Gasteiger partial charge on any atom is 0.344 e. The quantitative estimate of drug-likeness (QED) is 0.466. The molecule has 0 aliphatic heterocycles. The van der Waals surface area contributed by atoms with Gasteiger partial charge in [-0.3, -0.25) is 0 Å². The summed E-state index contributed by atoms with van der Waals surface area (Å²) in [4.78, 5) is 0. The molecule has 116 valence electrons. The van der Waals surface area contributed by atoms with E-state index in [1.165, 1.54) is 25.7 Å². The lowest BCUT2D eigenvalue weighted by Gasteiger charge is -2.44. The Kier molecular flexibility index (Phi) is 9.21. The molecule has 0 saturated carbocycles. The van der Waals surface area contributed by atoms with Crippen LogP contribution in [0.15, 0.2) is 0 Å². The van der Waals surface area contributed by atoms with Gasteiger partial charge < -0.3 is 8.85 Å². The van der Waals surface area contributed by atoms with Crippen LogP contribution in [0.1, 0.15) is 74.1 Å². The minimum Gasteiger partial charge on any atom is -0.394 e. The Bertz CT molecular complexity index is 219. The minimum absolute atomic E-state index is 0.191. The molecule has 0 spiro atoms. The molecular weight excluding hydrogens is 252 g/mol. The van der Waals surface area contributed by atoms with Gasteiger partial charge in [-0.05, 0) is 32.2 Å². The zero-order valence-corrected chi connectivity index (χ0v) is 15.3. The van der Waals surface area contributed by atoms with Crippen molar-refractivity contribution in [3.05, 3.63) is 0 Å². The van der Waals surface area contributed by atoms with Crippen LogP contribution >= 0.6 is 0 Å². The summed E-state index contributed by atoms with van der Waals surface area (Å²) in [5, 5.41) is 0.191. The van der Waals surface area contributed by atoms with E-state index in [0.717, 1.165) is 25.2 Å². The third-order valence-corrected chi connectivity index (χ3v) is 9.31. The molecule has 0 aromatic carbocycles. The van der Waals surface area contributed by atoms with E-state index in [1.807, 2.05) is 0 Å². The van der Waals surface area contributed by atoms with Crippen molar-refractivity contribution >= 4 is 8.56 Å². The van der Waals surface area contributed by atoms with Gasteiger partial charge in [-0.25, -0.2) is 0 Å². The fourth-order valence-electron chi connectivity index (χ4n) is 3.07. The Morgan fingerprint density at radius 1 is 0.895 bits per heavy atom. The van der Waals surface area contributed by atoms with Crippen molar-refractivity contribution in [3.63, 3.8) is 0 Å². The van der Waals surface area contributed by atoms with Gasteiger partial charge >= 0.3 is 8.56 Å². The van der Waals surface area contributed by atoms with Gasteiger partial charge in [-0.1, -0.05) is 53.9 Å². The van der Waals surface area contributed by atoms with Crippen LogP contribution < -0.4 is 0 Å². The predicted molar refractivity (Wildman–Crippen MR) is 86.8 cm³/mol. The maximum absolute atomic E-state index is 6.34. The first-order chi connectivity index (χ1) is 8.92. The molecule has 19 heavy (non-hydrogen) atoms. The first kappa shape index (κ1) is 19.1. The highest BCUT2D eigenvalue weighted by Gasteiger charge is 2.51. The summed E-state index contributed by atoms with van der Waals surface area (Å²) in [6, 6.07) is 1.15. The molecule has 0 saturated heterocycles. The Morgan fingerprint density at radius 2 is 1.37 bits per heavy atom. The van der Waals surface area contributed by atoms with Crippen LogP contribution in [-0.4, -0.2) is 21.8 Å². The summed E-state index contributed by atoms with van der Waals surface area (Å²) < 4.78 is 12.7. The van der Waals surface area contributed by atoms with Crippen LogP contribution in [0, 0.1) is 5.92 Å². The van der Waals surface area contributed by atoms with E-state index < -0.39 is 8.56 Å². The van der Waals surface area contributed by atoms with Crippen LogP contribution in [-0.2, 0) is 8.85 Å². The Balaban J connectivity index is 5.26. The van der Waals surface area contributed by atoms with Crippen molar-refractivity contribution in [2.24, 2.45) is 5.92 Å². The second-order valence-electron chi connectivity index (χ2n) is 6.14. The Hall–Kier alpha value is 0.137. The molecule has 0 amide bonds. The summed E-state index contributed by atoms with van der Waals surface area (Å²) in [6.07, 6.45) is 4.85. The van der Waals surface area contributed by atoms with Crippen LogP contribution in [0.4, 0.5) is 0 Å². The highest BCUT2D eigenvalue weighted by molar-refractivity contribution is 6.70. The van der Waals surface area contributed by atoms with Gasteiger partial charge in [0.2, 0.25) is 0 Å². The monoisotopic (exact) mass is 288 g/mol. The van der Waals surface area contributed by atoms with E-state index in [4.69, 9.17) is 8.85 Å². The van der Waals surface area contributed by atoms with E-state index in [-0.39, 0.29) is 5.04 Å². The maximum atomic E-state index is 6.34. The SMILES string of the molecule is CCCC(C)(C)[Si](CC(CC)CC)(OCC)OCC. The molecule has 0 radical (unpaired) electrons. The van der Waals surface area contributed by atoms with Crippen molar-refractivity contribution in [2.45, 2.75) is 85.2 Å². The van der Waals surface area contributed by atoms with Gasteiger partial charge in [-0.2, -0.15) is 0 Å². The van der Waals surface area contributed by atoms with E-state index >= 15 is 0 Å². The molecule has 0 aliphatic rings. The Morgan fingerprint density at radius 3 is 1.68 bits per heavy atom. The minimum atomic E-state index is -2.15. The molecule has 0 bridgehead atoms. The fraction of sp³-hybridized carbons (Fsp3) is 1.00. The van der Waals surface area contributed by atoms with Crippen molar-refractivity contribution in [2.75, 3.05) is 13.2 Å². The van der Waals surface area contributed by atoms with Crippen molar-refractivity contribution in [1.82, 2.24) is 0 Å². The molecule has 0 aromatic heterocycles. The van der Waals surface area contributed by atoms with Crippen LogP contribution in [0.25, 0.3) is 0 Å². The van der Waals surface area contributed by atoms with E-state index in [2.05, 4.69) is 48.5 Å².